The zero-order chi connectivity index (χ0) is 26.4. The molecule has 0 saturated heterocycles. The lowest BCUT2D eigenvalue weighted by atomic mass is 10.2. The number of anilines is 1. The van der Waals surface area contributed by atoms with Crippen LogP contribution >= 0.6 is 22.9 Å². The Bertz CT molecular complexity index is 1650. The van der Waals surface area contributed by atoms with Crippen LogP contribution in [-0.4, -0.2) is 24.2 Å². The molecule has 0 aliphatic heterocycles. The molecule has 186 valence electrons. The molecule has 0 aliphatic rings. The molecular weight excluding hydrogens is 510 g/mol. The van der Waals surface area contributed by atoms with E-state index in [9.17, 15) is 14.9 Å². The SMILES string of the molecule is CCOc1ccc(Cl)cc1/C=c1/s/c(=C(\C#N)C(=O)Nc2ccc(OC)cc2)n(-c2ccccc2)c1=O. The van der Waals surface area contributed by atoms with Crippen molar-refractivity contribution >= 4 is 46.2 Å². The zero-order valence-corrected chi connectivity index (χ0v) is 21.6. The average molecular weight is 532 g/mol. The van der Waals surface area contributed by atoms with Crippen LogP contribution in [0.25, 0.3) is 17.3 Å². The van der Waals surface area contributed by atoms with Gasteiger partial charge in [-0.25, -0.2) is 0 Å². The van der Waals surface area contributed by atoms with E-state index in [2.05, 4.69) is 5.32 Å². The van der Waals surface area contributed by atoms with Crippen LogP contribution < -0.4 is 29.5 Å². The highest BCUT2D eigenvalue weighted by Crippen LogP contribution is 2.23. The predicted octanol–water partition coefficient (Wildman–Crippen LogP) is 4.10. The second-order valence-electron chi connectivity index (χ2n) is 7.68. The van der Waals surface area contributed by atoms with Crippen LogP contribution in [0, 0.1) is 11.3 Å². The van der Waals surface area contributed by atoms with Crippen LogP contribution in [-0.2, 0) is 4.79 Å². The fourth-order valence-corrected chi connectivity index (χ4v) is 4.86. The maximum Gasteiger partial charge on any atom is 0.273 e. The van der Waals surface area contributed by atoms with E-state index in [0.717, 1.165) is 11.3 Å². The third kappa shape index (κ3) is 5.75. The molecule has 4 aromatic rings. The number of amides is 1. The maximum absolute atomic E-state index is 13.6. The topological polar surface area (TPSA) is 93.3 Å². The lowest BCUT2D eigenvalue weighted by molar-refractivity contribution is -0.111. The Morgan fingerprint density at radius 2 is 1.86 bits per heavy atom. The molecule has 4 rings (SSSR count). The van der Waals surface area contributed by atoms with Crippen LogP contribution in [0.4, 0.5) is 5.69 Å². The number of hydrogen-bond donors (Lipinski definition) is 1. The van der Waals surface area contributed by atoms with Crippen LogP contribution in [0.5, 0.6) is 11.5 Å². The fraction of sp³-hybridized carbons (Fsp3) is 0.107. The summed E-state index contributed by atoms with van der Waals surface area (Å²) in [5.74, 6) is 0.559. The number of benzene rings is 3. The minimum absolute atomic E-state index is 0.197. The molecule has 1 amide bonds. The standard InChI is InChI=1S/C28H22ClN3O4S/c1-3-36-24-14-9-19(29)15-18(24)16-25-27(34)32(21-7-5-4-6-8-21)28(37-25)23(17-30)26(33)31-20-10-12-22(35-2)13-11-20/h4-16H,3H2,1-2H3,(H,31,33)/b25-16+,28-23+. The van der Waals surface area contributed by atoms with Gasteiger partial charge in [0.25, 0.3) is 11.5 Å². The summed E-state index contributed by atoms with van der Waals surface area (Å²) in [5.41, 5.74) is 1.05. The zero-order valence-electron chi connectivity index (χ0n) is 20.0. The Morgan fingerprint density at radius 3 is 2.51 bits per heavy atom. The van der Waals surface area contributed by atoms with Gasteiger partial charge in [0.2, 0.25) is 0 Å². The largest absolute Gasteiger partial charge is 0.497 e. The molecule has 0 unspecified atom stereocenters. The summed E-state index contributed by atoms with van der Waals surface area (Å²) in [4.78, 5) is 26.8. The van der Waals surface area contributed by atoms with Gasteiger partial charge in [0.15, 0.2) is 5.57 Å². The van der Waals surface area contributed by atoms with Crippen molar-refractivity contribution in [3.8, 4) is 23.3 Å². The quantitative estimate of drug-likeness (QED) is 0.387. The van der Waals surface area contributed by atoms with E-state index in [1.54, 1.807) is 79.9 Å². The first kappa shape index (κ1) is 25.8. The Morgan fingerprint density at radius 1 is 1.14 bits per heavy atom. The number of aromatic nitrogens is 1. The number of nitrogens with zero attached hydrogens (tertiary/aromatic N) is 2. The molecule has 3 aromatic carbocycles. The molecule has 1 aromatic heterocycles. The van der Waals surface area contributed by atoms with E-state index in [0.29, 0.717) is 44.6 Å². The highest BCUT2D eigenvalue weighted by molar-refractivity contribution is 7.07. The number of nitriles is 1. The molecule has 0 aliphatic carbocycles. The van der Waals surface area contributed by atoms with Crippen molar-refractivity contribution in [3.63, 3.8) is 0 Å². The van der Waals surface area contributed by atoms with Crippen LogP contribution in [0.3, 0.4) is 0 Å². The molecule has 1 heterocycles. The second kappa shape index (κ2) is 11.6. The molecule has 7 nitrogen and oxygen atoms in total. The van der Waals surface area contributed by atoms with Crippen molar-refractivity contribution in [2.75, 3.05) is 19.0 Å². The number of ether oxygens (including phenoxy) is 2. The van der Waals surface area contributed by atoms with Crippen molar-refractivity contribution in [3.05, 3.63) is 103 Å². The summed E-state index contributed by atoms with van der Waals surface area (Å²) in [6, 6.07) is 22.7. The van der Waals surface area contributed by atoms with Crippen molar-refractivity contribution in [2.45, 2.75) is 6.92 Å². The molecular formula is C28H22ClN3O4S. The van der Waals surface area contributed by atoms with E-state index in [1.807, 2.05) is 19.1 Å². The first-order chi connectivity index (χ1) is 17.9. The van der Waals surface area contributed by atoms with Gasteiger partial charge in [-0.3, -0.25) is 14.2 Å². The monoisotopic (exact) mass is 531 g/mol. The number of carbonyl (C=O) groups excluding carboxylic acids is 1. The number of para-hydroxylation sites is 1. The molecule has 0 saturated carbocycles. The number of hydrogen-bond acceptors (Lipinski definition) is 6. The van der Waals surface area contributed by atoms with E-state index < -0.39 is 5.91 Å². The van der Waals surface area contributed by atoms with Gasteiger partial charge < -0.3 is 14.8 Å². The minimum atomic E-state index is -0.636. The number of nitrogens with one attached hydrogen (secondary N) is 1. The highest BCUT2D eigenvalue weighted by Gasteiger charge is 2.17. The molecule has 1 N–H and O–H groups in total. The predicted molar refractivity (Wildman–Crippen MR) is 146 cm³/mol. The van der Waals surface area contributed by atoms with E-state index in [-0.39, 0.29) is 15.8 Å². The lowest BCUT2D eigenvalue weighted by Gasteiger charge is -2.06. The Kier molecular flexibility index (Phi) is 8.08. The molecule has 0 bridgehead atoms. The maximum atomic E-state index is 13.6. The van der Waals surface area contributed by atoms with Gasteiger partial charge in [0.05, 0.1) is 23.9 Å². The number of halogens is 1. The Labute approximate surface area is 222 Å². The Hall–Kier alpha value is -4.32. The van der Waals surface area contributed by atoms with Gasteiger partial charge in [0.1, 0.15) is 22.2 Å². The van der Waals surface area contributed by atoms with Crippen molar-refractivity contribution < 1.29 is 14.3 Å². The van der Waals surface area contributed by atoms with Crippen LogP contribution in [0.1, 0.15) is 12.5 Å². The summed E-state index contributed by atoms with van der Waals surface area (Å²) in [6.07, 6.45) is 1.66. The third-order valence-electron chi connectivity index (χ3n) is 5.30. The third-order valence-corrected chi connectivity index (χ3v) is 6.62. The molecule has 0 radical (unpaired) electrons. The number of methoxy groups -OCH3 is 1. The first-order valence-electron chi connectivity index (χ1n) is 11.3. The second-order valence-corrected chi connectivity index (χ2v) is 9.14. The minimum Gasteiger partial charge on any atom is -0.497 e. The molecule has 9 heteroatoms. The highest BCUT2D eigenvalue weighted by atomic mass is 35.5. The number of thiazole rings is 1. The normalized spacial score (nSPS) is 12.0. The fourth-order valence-electron chi connectivity index (χ4n) is 3.59. The van der Waals surface area contributed by atoms with Gasteiger partial charge in [-0.1, -0.05) is 29.8 Å². The molecule has 0 spiro atoms. The van der Waals surface area contributed by atoms with Crippen molar-refractivity contribution in [2.24, 2.45) is 0 Å². The smallest absolute Gasteiger partial charge is 0.273 e. The summed E-state index contributed by atoms with van der Waals surface area (Å²) in [5, 5.41) is 13.2. The average Bonchev–Trinajstić information content (AvgIpc) is 3.22. The number of carbonyl (C=O) groups is 1. The van der Waals surface area contributed by atoms with E-state index in [4.69, 9.17) is 21.1 Å². The number of rotatable bonds is 7. The van der Waals surface area contributed by atoms with Crippen LogP contribution in [0.15, 0.2) is 77.6 Å². The molecule has 0 atom stereocenters. The van der Waals surface area contributed by atoms with Gasteiger partial charge >= 0.3 is 0 Å². The Balaban J connectivity index is 1.93. The van der Waals surface area contributed by atoms with Crippen molar-refractivity contribution in [1.29, 1.82) is 5.26 Å². The first-order valence-corrected chi connectivity index (χ1v) is 12.5. The summed E-state index contributed by atoms with van der Waals surface area (Å²) < 4.78 is 12.7. The van der Waals surface area contributed by atoms with Crippen LogP contribution in [0.2, 0.25) is 5.02 Å². The van der Waals surface area contributed by atoms with Gasteiger partial charge in [-0.15, -0.1) is 11.3 Å². The van der Waals surface area contributed by atoms with E-state index >= 15 is 0 Å². The van der Waals surface area contributed by atoms with Crippen molar-refractivity contribution in [1.82, 2.24) is 4.57 Å². The lowest BCUT2D eigenvalue weighted by Crippen LogP contribution is -2.32. The van der Waals surface area contributed by atoms with Gasteiger partial charge in [-0.05, 0) is 67.6 Å². The van der Waals surface area contributed by atoms with Gasteiger partial charge in [-0.2, -0.15) is 5.26 Å². The summed E-state index contributed by atoms with van der Waals surface area (Å²) in [7, 11) is 1.55. The van der Waals surface area contributed by atoms with Gasteiger partial charge in [0, 0.05) is 16.3 Å². The molecule has 0 fully saturated rings. The summed E-state index contributed by atoms with van der Waals surface area (Å²) in [6.45, 7) is 2.30. The molecule has 37 heavy (non-hydrogen) atoms. The summed E-state index contributed by atoms with van der Waals surface area (Å²) >= 11 is 7.24. The van der Waals surface area contributed by atoms with E-state index in [1.165, 1.54) is 4.57 Å².